The third-order valence-electron chi connectivity index (χ3n) is 3.49. The van der Waals surface area contributed by atoms with Gasteiger partial charge >= 0.3 is 0 Å². The van der Waals surface area contributed by atoms with Crippen LogP contribution < -0.4 is 0 Å². The maximum Gasteiger partial charge on any atom is 0.0991 e. The second kappa shape index (κ2) is 4.06. The standard InChI is InChI=1S/C14H13N3/c15-8-10-4-6-11(7-5-10)12-2-1-3-14-13(12)9-16-17-14/h4-7,9,12H,1-3H2,(H,16,17)/t12-/m1/s1. The Balaban J connectivity index is 1.98. The molecule has 0 fully saturated rings. The van der Waals surface area contributed by atoms with E-state index in [0.717, 1.165) is 12.0 Å². The lowest BCUT2D eigenvalue weighted by Crippen LogP contribution is -2.09. The van der Waals surface area contributed by atoms with Crippen molar-refractivity contribution in [3.63, 3.8) is 0 Å². The van der Waals surface area contributed by atoms with Crippen molar-refractivity contribution < 1.29 is 0 Å². The van der Waals surface area contributed by atoms with Crippen molar-refractivity contribution in [2.24, 2.45) is 0 Å². The first-order valence-electron chi connectivity index (χ1n) is 5.90. The third kappa shape index (κ3) is 1.72. The Morgan fingerprint density at radius 1 is 1.29 bits per heavy atom. The fraction of sp³-hybridized carbons (Fsp3) is 0.286. The Bertz CT molecular complexity index is 560. The van der Waals surface area contributed by atoms with E-state index in [-0.39, 0.29) is 0 Å². The normalized spacial score (nSPS) is 18.4. The molecule has 0 saturated heterocycles. The predicted molar refractivity (Wildman–Crippen MR) is 64.5 cm³/mol. The number of aromatic nitrogens is 2. The molecule has 1 aliphatic carbocycles. The first kappa shape index (κ1) is 10.1. The molecule has 3 heteroatoms. The number of benzene rings is 1. The van der Waals surface area contributed by atoms with Crippen LogP contribution in [0, 0.1) is 11.3 Å². The quantitative estimate of drug-likeness (QED) is 0.808. The lowest BCUT2D eigenvalue weighted by molar-refractivity contribution is 0.610. The van der Waals surface area contributed by atoms with Crippen LogP contribution in [0.5, 0.6) is 0 Å². The Kier molecular flexibility index (Phi) is 2.41. The largest absolute Gasteiger partial charge is 0.282 e. The van der Waals surface area contributed by atoms with Crippen molar-refractivity contribution in [2.75, 3.05) is 0 Å². The second-order valence-electron chi connectivity index (χ2n) is 4.48. The van der Waals surface area contributed by atoms with Crippen molar-refractivity contribution in [3.8, 4) is 6.07 Å². The molecule has 1 heterocycles. The molecule has 3 rings (SSSR count). The van der Waals surface area contributed by atoms with Crippen LogP contribution in [0.2, 0.25) is 0 Å². The van der Waals surface area contributed by atoms with E-state index in [1.165, 1.54) is 29.7 Å². The molecule has 1 aromatic carbocycles. The lowest BCUT2D eigenvalue weighted by Gasteiger charge is -2.22. The molecule has 0 spiro atoms. The number of aromatic amines is 1. The summed E-state index contributed by atoms with van der Waals surface area (Å²) in [4.78, 5) is 0. The van der Waals surface area contributed by atoms with Gasteiger partial charge < -0.3 is 0 Å². The molecule has 0 saturated carbocycles. The summed E-state index contributed by atoms with van der Waals surface area (Å²) in [5, 5.41) is 16.0. The number of aryl methyl sites for hydroxylation is 1. The summed E-state index contributed by atoms with van der Waals surface area (Å²) in [7, 11) is 0. The SMILES string of the molecule is N#Cc1ccc([C@H]2CCCc3[nH]ncc32)cc1. The minimum absolute atomic E-state index is 0.435. The Morgan fingerprint density at radius 2 is 2.12 bits per heavy atom. The van der Waals surface area contributed by atoms with Crippen LogP contribution in [0.3, 0.4) is 0 Å². The van der Waals surface area contributed by atoms with Crippen LogP contribution in [0.4, 0.5) is 0 Å². The highest BCUT2D eigenvalue weighted by molar-refractivity contribution is 5.39. The molecule has 0 unspecified atom stereocenters. The molecule has 1 atom stereocenters. The van der Waals surface area contributed by atoms with Crippen molar-refractivity contribution in [2.45, 2.75) is 25.2 Å². The first-order chi connectivity index (χ1) is 8.38. The summed E-state index contributed by atoms with van der Waals surface area (Å²) < 4.78 is 0. The molecule has 1 N–H and O–H groups in total. The monoisotopic (exact) mass is 223 g/mol. The van der Waals surface area contributed by atoms with E-state index in [4.69, 9.17) is 5.26 Å². The molecular formula is C14H13N3. The number of hydrogen-bond donors (Lipinski definition) is 1. The fourth-order valence-electron chi connectivity index (χ4n) is 2.60. The van der Waals surface area contributed by atoms with E-state index in [2.05, 4.69) is 28.4 Å². The highest BCUT2D eigenvalue weighted by atomic mass is 15.1. The summed E-state index contributed by atoms with van der Waals surface area (Å²) >= 11 is 0. The van der Waals surface area contributed by atoms with Crippen molar-refractivity contribution in [1.82, 2.24) is 10.2 Å². The maximum absolute atomic E-state index is 8.80. The number of nitriles is 1. The predicted octanol–water partition coefficient (Wildman–Crippen LogP) is 2.75. The molecule has 0 radical (unpaired) electrons. The average Bonchev–Trinajstić information content (AvgIpc) is 2.87. The van der Waals surface area contributed by atoms with Gasteiger partial charge in [0.15, 0.2) is 0 Å². The van der Waals surface area contributed by atoms with Gasteiger partial charge in [-0.1, -0.05) is 12.1 Å². The summed E-state index contributed by atoms with van der Waals surface area (Å²) in [5.74, 6) is 0.435. The van der Waals surface area contributed by atoms with Crippen LogP contribution in [-0.2, 0) is 6.42 Å². The molecule has 0 bridgehead atoms. The summed E-state index contributed by atoms with van der Waals surface area (Å²) in [6, 6.07) is 10.1. The molecule has 1 aliphatic rings. The molecular weight excluding hydrogens is 210 g/mol. The Labute approximate surface area is 100 Å². The van der Waals surface area contributed by atoms with Crippen molar-refractivity contribution in [1.29, 1.82) is 5.26 Å². The molecule has 1 aromatic heterocycles. The van der Waals surface area contributed by atoms with Crippen molar-refractivity contribution >= 4 is 0 Å². The van der Waals surface area contributed by atoms with Gasteiger partial charge in [0.1, 0.15) is 0 Å². The fourth-order valence-corrected chi connectivity index (χ4v) is 2.60. The van der Waals surface area contributed by atoms with Gasteiger partial charge in [-0.25, -0.2) is 0 Å². The minimum Gasteiger partial charge on any atom is -0.282 e. The minimum atomic E-state index is 0.435. The van der Waals surface area contributed by atoms with Gasteiger partial charge in [-0.15, -0.1) is 0 Å². The summed E-state index contributed by atoms with van der Waals surface area (Å²) in [5.41, 5.74) is 4.59. The zero-order valence-electron chi connectivity index (χ0n) is 9.48. The molecule has 2 aromatic rings. The van der Waals surface area contributed by atoms with Gasteiger partial charge in [0, 0.05) is 17.2 Å². The number of nitrogens with zero attached hydrogens (tertiary/aromatic N) is 2. The zero-order valence-corrected chi connectivity index (χ0v) is 9.48. The van der Waals surface area contributed by atoms with E-state index in [1.807, 2.05) is 18.3 Å². The highest BCUT2D eigenvalue weighted by Crippen LogP contribution is 2.35. The molecule has 0 amide bonds. The Morgan fingerprint density at radius 3 is 2.88 bits per heavy atom. The van der Waals surface area contributed by atoms with Gasteiger partial charge in [0.2, 0.25) is 0 Å². The number of hydrogen-bond acceptors (Lipinski definition) is 2. The number of nitrogens with one attached hydrogen (secondary N) is 1. The number of H-pyrrole nitrogens is 1. The van der Waals surface area contributed by atoms with E-state index >= 15 is 0 Å². The molecule has 3 nitrogen and oxygen atoms in total. The molecule has 17 heavy (non-hydrogen) atoms. The average molecular weight is 223 g/mol. The van der Waals surface area contributed by atoms with E-state index in [1.54, 1.807) is 0 Å². The first-order valence-corrected chi connectivity index (χ1v) is 5.90. The summed E-state index contributed by atoms with van der Waals surface area (Å²) in [6.45, 7) is 0. The van der Waals surface area contributed by atoms with E-state index < -0.39 is 0 Å². The number of rotatable bonds is 1. The van der Waals surface area contributed by atoms with Gasteiger partial charge in [-0.3, -0.25) is 5.10 Å². The molecule has 0 aliphatic heterocycles. The number of fused-ring (bicyclic) bond motifs is 1. The van der Waals surface area contributed by atoms with Crippen LogP contribution in [0.1, 0.15) is 41.1 Å². The van der Waals surface area contributed by atoms with Crippen LogP contribution in [0.25, 0.3) is 0 Å². The van der Waals surface area contributed by atoms with Crippen LogP contribution in [0.15, 0.2) is 30.5 Å². The van der Waals surface area contributed by atoms with Gasteiger partial charge in [-0.05, 0) is 37.0 Å². The van der Waals surface area contributed by atoms with Crippen LogP contribution in [-0.4, -0.2) is 10.2 Å². The van der Waals surface area contributed by atoms with Gasteiger partial charge in [0.05, 0.1) is 17.8 Å². The van der Waals surface area contributed by atoms with E-state index in [9.17, 15) is 0 Å². The smallest absolute Gasteiger partial charge is 0.0991 e. The van der Waals surface area contributed by atoms with Gasteiger partial charge in [-0.2, -0.15) is 10.4 Å². The van der Waals surface area contributed by atoms with Crippen LogP contribution >= 0.6 is 0 Å². The van der Waals surface area contributed by atoms with Crippen molar-refractivity contribution in [3.05, 3.63) is 52.8 Å². The third-order valence-corrected chi connectivity index (χ3v) is 3.49. The zero-order chi connectivity index (χ0) is 11.7. The van der Waals surface area contributed by atoms with Gasteiger partial charge in [0.25, 0.3) is 0 Å². The molecule has 84 valence electrons. The topological polar surface area (TPSA) is 52.5 Å². The Hall–Kier alpha value is -2.08. The maximum atomic E-state index is 8.80. The highest BCUT2D eigenvalue weighted by Gasteiger charge is 2.23. The lowest BCUT2D eigenvalue weighted by atomic mass is 9.82. The van der Waals surface area contributed by atoms with E-state index in [0.29, 0.717) is 5.92 Å². The second-order valence-corrected chi connectivity index (χ2v) is 4.48. The summed E-state index contributed by atoms with van der Waals surface area (Å²) in [6.07, 6.45) is 5.40.